The van der Waals surface area contributed by atoms with Gasteiger partial charge in [0.15, 0.2) is 0 Å². The molecule has 0 amide bonds. The maximum Gasteiger partial charge on any atom is 0.0511 e. The van der Waals surface area contributed by atoms with Gasteiger partial charge in [0.2, 0.25) is 0 Å². The number of benzene rings is 1. The van der Waals surface area contributed by atoms with Gasteiger partial charge < -0.3 is 4.34 Å². The SMILES string of the molecule is CC.Cc1ccc2ccn(P)c2c1. The average molecular weight is 193 g/mol. The van der Waals surface area contributed by atoms with Gasteiger partial charge in [0.1, 0.15) is 0 Å². The summed E-state index contributed by atoms with van der Waals surface area (Å²) in [5.74, 6) is 0. The number of hydrogen-bond donors (Lipinski definition) is 0. The smallest absolute Gasteiger partial charge is 0.0511 e. The Labute approximate surface area is 82.0 Å². The fraction of sp³-hybridized carbons (Fsp3) is 0.273. The van der Waals surface area contributed by atoms with Crippen molar-refractivity contribution in [2.24, 2.45) is 0 Å². The topological polar surface area (TPSA) is 4.93 Å². The molecule has 0 saturated carbocycles. The largest absolute Gasteiger partial charge is 0.332 e. The normalized spacial score (nSPS) is 9.54. The minimum absolute atomic E-state index is 1.27. The quantitative estimate of drug-likeness (QED) is 0.563. The van der Waals surface area contributed by atoms with Crippen LogP contribution in [0.15, 0.2) is 30.5 Å². The van der Waals surface area contributed by atoms with Crippen LogP contribution in [0.4, 0.5) is 0 Å². The van der Waals surface area contributed by atoms with Crippen molar-refractivity contribution in [3.8, 4) is 0 Å². The van der Waals surface area contributed by atoms with Gasteiger partial charge in [-0.2, -0.15) is 0 Å². The van der Waals surface area contributed by atoms with Crippen LogP contribution in [0.5, 0.6) is 0 Å². The zero-order valence-electron chi connectivity index (χ0n) is 8.41. The molecule has 0 fully saturated rings. The Hall–Kier alpha value is -0.810. The van der Waals surface area contributed by atoms with Crippen molar-refractivity contribution in [3.63, 3.8) is 0 Å². The minimum atomic E-state index is 1.27. The van der Waals surface area contributed by atoms with Crippen LogP contribution in [0.25, 0.3) is 10.9 Å². The van der Waals surface area contributed by atoms with E-state index in [1.54, 1.807) is 0 Å². The van der Waals surface area contributed by atoms with Crippen LogP contribution in [0, 0.1) is 6.92 Å². The van der Waals surface area contributed by atoms with E-state index in [-0.39, 0.29) is 0 Å². The van der Waals surface area contributed by atoms with E-state index in [1.165, 1.54) is 16.5 Å². The number of rotatable bonds is 0. The molecule has 1 heterocycles. The molecule has 2 heteroatoms. The molecular formula is C11H16NP. The highest BCUT2D eigenvalue weighted by atomic mass is 31.0. The molecule has 0 aliphatic heterocycles. The lowest BCUT2D eigenvalue weighted by molar-refractivity contribution is 1.34. The predicted molar refractivity (Wildman–Crippen MR) is 63.1 cm³/mol. The predicted octanol–water partition coefficient (Wildman–Crippen LogP) is 3.61. The van der Waals surface area contributed by atoms with Crippen LogP contribution in [0.1, 0.15) is 19.4 Å². The fourth-order valence-corrected chi connectivity index (χ4v) is 1.57. The van der Waals surface area contributed by atoms with Crippen molar-refractivity contribution >= 4 is 20.3 Å². The van der Waals surface area contributed by atoms with E-state index in [9.17, 15) is 0 Å². The molecule has 1 unspecified atom stereocenters. The second-order valence-electron chi connectivity index (χ2n) is 2.79. The van der Waals surface area contributed by atoms with E-state index in [1.807, 2.05) is 13.8 Å². The first-order valence-corrected chi connectivity index (χ1v) is 5.12. The Morgan fingerprint density at radius 2 is 1.85 bits per heavy atom. The molecule has 0 bridgehead atoms. The zero-order chi connectivity index (χ0) is 9.84. The Morgan fingerprint density at radius 1 is 1.15 bits per heavy atom. The van der Waals surface area contributed by atoms with Crippen molar-refractivity contribution < 1.29 is 0 Å². The van der Waals surface area contributed by atoms with Gasteiger partial charge in [0.25, 0.3) is 0 Å². The van der Waals surface area contributed by atoms with Gasteiger partial charge in [-0.15, -0.1) is 0 Å². The van der Waals surface area contributed by atoms with Gasteiger partial charge in [-0.25, -0.2) is 0 Å². The Bertz CT molecular complexity index is 390. The van der Waals surface area contributed by atoms with Crippen molar-refractivity contribution in [3.05, 3.63) is 36.0 Å². The maximum atomic E-state index is 2.67. The second kappa shape index (κ2) is 4.43. The standard InChI is InChI=1S/C9H10NP.C2H6/c1-7-2-3-8-4-5-10(11)9(8)6-7;1-2/h2-6H,11H2,1H3;1-2H3. The van der Waals surface area contributed by atoms with Gasteiger partial charge in [-0.3, -0.25) is 0 Å². The molecule has 0 radical (unpaired) electrons. The Morgan fingerprint density at radius 3 is 2.54 bits per heavy atom. The summed E-state index contributed by atoms with van der Waals surface area (Å²) in [6.07, 6.45) is 2.05. The van der Waals surface area contributed by atoms with Crippen LogP contribution in [-0.2, 0) is 0 Å². The summed E-state index contributed by atoms with van der Waals surface area (Å²) in [5.41, 5.74) is 2.58. The van der Waals surface area contributed by atoms with Crippen molar-refractivity contribution in [2.75, 3.05) is 0 Å². The molecule has 70 valence electrons. The summed E-state index contributed by atoms with van der Waals surface area (Å²) in [6.45, 7) is 6.11. The third-order valence-electron chi connectivity index (χ3n) is 1.88. The molecule has 1 aromatic heterocycles. The number of aryl methyl sites for hydroxylation is 1. The highest BCUT2D eigenvalue weighted by molar-refractivity contribution is 7.14. The third kappa shape index (κ3) is 2.10. The first-order chi connectivity index (χ1) is 6.27. The first kappa shape index (κ1) is 10.3. The summed E-state index contributed by atoms with van der Waals surface area (Å²) in [6, 6.07) is 8.57. The number of fused-ring (bicyclic) bond motifs is 1. The molecule has 1 nitrogen and oxygen atoms in total. The Kier molecular flexibility index (Phi) is 3.50. The summed E-state index contributed by atoms with van der Waals surface area (Å²) in [4.78, 5) is 0. The molecule has 1 atom stereocenters. The average Bonchev–Trinajstić information content (AvgIpc) is 2.52. The molecule has 2 aromatic rings. The monoisotopic (exact) mass is 193 g/mol. The molecule has 0 aliphatic carbocycles. The summed E-state index contributed by atoms with van der Waals surface area (Å²) in [7, 11) is 2.67. The van der Waals surface area contributed by atoms with Gasteiger partial charge in [0, 0.05) is 6.20 Å². The molecule has 1 aromatic carbocycles. The molecular weight excluding hydrogens is 177 g/mol. The van der Waals surface area contributed by atoms with E-state index in [4.69, 9.17) is 0 Å². The van der Waals surface area contributed by atoms with E-state index < -0.39 is 0 Å². The number of nitrogens with zero attached hydrogens (tertiary/aromatic N) is 1. The van der Waals surface area contributed by atoms with Gasteiger partial charge in [0.05, 0.1) is 5.52 Å². The molecule has 2 rings (SSSR count). The van der Waals surface area contributed by atoms with Crippen LogP contribution in [0.2, 0.25) is 0 Å². The lowest BCUT2D eigenvalue weighted by Crippen LogP contribution is -1.76. The third-order valence-corrected chi connectivity index (χ3v) is 2.33. The highest BCUT2D eigenvalue weighted by Gasteiger charge is 1.95. The number of aromatic nitrogens is 1. The van der Waals surface area contributed by atoms with E-state index in [0.29, 0.717) is 0 Å². The van der Waals surface area contributed by atoms with E-state index in [2.05, 4.69) is 51.1 Å². The Balaban J connectivity index is 0.000000396. The summed E-state index contributed by atoms with van der Waals surface area (Å²) >= 11 is 0. The number of hydrogen-bond acceptors (Lipinski definition) is 0. The molecule has 0 saturated heterocycles. The van der Waals surface area contributed by atoms with E-state index in [0.717, 1.165) is 0 Å². The molecule has 0 N–H and O–H groups in total. The second-order valence-corrected chi connectivity index (χ2v) is 3.34. The molecule has 0 spiro atoms. The van der Waals surface area contributed by atoms with E-state index >= 15 is 0 Å². The van der Waals surface area contributed by atoms with Crippen molar-refractivity contribution in [2.45, 2.75) is 20.8 Å². The van der Waals surface area contributed by atoms with Crippen LogP contribution < -0.4 is 0 Å². The fourth-order valence-electron chi connectivity index (χ4n) is 1.26. The molecule has 0 aliphatic rings. The van der Waals surface area contributed by atoms with Crippen molar-refractivity contribution in [1.29, 1.82) is 0 Å². The molecule has 13 heavy (non-hydrogen) atoms. The minimum Gasteiger partial charge on any atom is -0.332 e. The van der Waals surface area contributed by atoms with Crippen LogP contribution in [-0.4, -0.2) is 4.34 Å². The highest BCUT2D eigenvalue weighted by Crippen LogP contribution is 2.18. The van der Waals surface area contributed by atoms with Gasteiger partial charge >= 0.3 is 0 Å². The van der Waals surface area contributed by atoms with Crippen LogP contribution >= 0.6 is 9.39 Å². The lowest BCUT2D eigenvalue weighted by atomic mass is 10.2. The summed E-state index contributed by atoms with van der Waals surface area (Å²) in [5, 5.41) is 1.30. The first-order valence-electron chi connectivity index (χ1n) is 4.60. The van der Waals surface area contributed by atoms with Gasteiger partial charge in [-0.1, -0.05) is 26.0 Å². The lowest BCUT2D eigenvalue weighted by Gasteiger charge is -1.96. The maximum absolute atomic E-state index is 2.67. The van der Waals surface area contributed by atoms with Crippen molar-refractivity contribution in [1.82, 2.24) is 4.34 Å². The van der Waals surface area contributed by atoms with Gasteiger partial charge in [-0.05, 0) is 39.4 Å². The van der Waals surface area contributed by atoms with Crippen LogP contribution in [0.3, 0.4) is 0 Å². The summed E-state index contributed by atoms with van der Waals surface area (Å²) < 4.78 is 2.06. The zero-order valence-corrected chi connectivity index (χ0v) is 9.57.